The fourth-order valence-corrected chi connectivity index (χ4v) is 2.81. The van der Waals surface area contributed by atoms with Gasteiger partial charge in [-0.25, -0.2) is 0 Å². The Morgan fingerprint density at radius 2 is 2.09 bits per heavy atom. The lowest BCUT2D eigenvalue weighted by atomic mass is 10.1. The number of carbonyl (C=O) groups excluding carboxylic acids is 1. The van der Waals surface area contributed by atoms with E-state index < -0.39 is 0 Å². The van der Waals surface area contributed by atoms with Gasteiger partial charge in [-0.05, 0) is 31.0 Å². The summed E-state index contributed by atoms with van der Waals surface area (Å²) in [6.45, 7) is 2.65. The minimum atomic E-state index is -0.170. The lowest BCUT2D eigenvalue weighted by Gasteiger charge is -2.07. The molecule has 0 fully saturated rings. The largest absolute Gasteiger partial charge is 0.504 e. The van der Waals surface area contributed by atoms with Crippen LogP contribution in [0.1, 0.15) is 17.7 Å². The third-order valence-electron chi connectivity index (χ3n) is 3.31. The summed E-state index contributed by atoms with van der Waals surface area (Å²) in [5, 5.41) is 23.1. The molecule has 3 N–H and O–H groups in total. The molecule has 0 spiro atoms. The summed E-state index contributed by atoms with van der Waals surface area (Å²) in [6.07, 6.45) is 0.801. The summed E-state index contributed by atoms with van der Waals surface area (Å²) in [6, 6.07) is 4.57. The fourth-order valence-electron chi connectivity index (χ4n) is 2.05. The number of hydrogen-bond donors (Lipinski definition) is 3. The van der Waals surface area contributed by atoms with Gasteiger partial charge in [0.2, 0.25) is 5.91 Å². The van der Waals surface area contributed by atoms with Crippen LogP contribution in [-0.2, 0) is 17.8 Å². The number of rotatable bonds is 6. The highest BCUT2D eigenvalue weighted by Gasteiger charge is 2.06. The lowest BCUT2D eigenvalue weighted by molar-refractivity contribution is -0.121. The van der Waals surface area contributed by atoms with Crippen molar-refractivity contribution in [3.63, 3.8) is 0 Å². The predicted molar refractivity (Wildman–Crippen MR) is 84.4 cm³/mol. The van der Waals surface area contributed by atoms with E-state index in [1.54, 1.807) is 16.0 Å². The Morgan fingerprint density at radius 1 is 1.32 bits per heavy atom. The molecule has 1 amide bonds. The van der Waals surface area contributed by atoms with E-state index in [0.29, 0.717) is 19.5 Å². The van der Waals surface area contributed by atoms with Gasteiger partial charge in [-0.3, -0.25) is 9.59 Å². The van der Waals surface area contributed by atoms with Gasteiger partial charge in [0.15, 0.2) is 11.5 Å². The summed E-state index contributed by atoms with van der Waals surface area (Å²) in [7, 11) is 0. The van der Waals surface area contributed by atoms with Crippen LogP contribution >= 0.6 is 11.3 Å². The van der Waals surface area contributed by atoms with Gasteiger partial charge in [-0.2, -0.15) is 0 Å². The molecule has 0 aliphatic carbocycles. The van der Waals surface area contributed by atoms with Crippen LogP contribution < -0.4 is 10.2 Å². The molecular weight excluding hydrogens is 304 g/mol. The van der Waals surface area contributed by atoms with Crippen LogP contribution in [0.3, 0.4) is 0 Å². The molecule has 118 valence electrons. The molecule has 0 aliphatic heterocycles. The van der Waals surface area contributed by atoms with Crippen LogP contribution in [-0.4, -0.2) is 27.2 Å². The summed E-state index contributed by atoms with van der Waals surface area (Å²) < 4.78 is 1.59. The second kappa shape index (κ2) is 7.13. The van der Waals surface area contributed by atoms with Crippen molar-refractivity contribution in [1.82, 2.24) is 9.88 Å². The van der Waals surface area contributed by atoms with Crippen molar-refractivity contribution < 1.29 is 15.0 Å². The molecule has 7 heteroatoms. The quantitative estimate of drug-likeness (QED) is 0.701. The summed E-state index contributed by atoms with van der Waals surface area (Å²) in [4.78, 5) is 23.2. The first-order chi connectivity index (χ1) is 10.5. The number of phenols is 2. The highest BCUT2D eigenvalue weighted by Crippen LogP contribution is 2.24. The zero-order chi connectivity index (χ0) is 16.1. The molecule has 2 aromatic rings. The SMILES string of the molecule is Cc1csc(=O)n1CCC(=O)NCCc1ccc(O)c(O)c1. The maximum atomic E-state index is 11.8. The van der Waals surface area contributed by atoms with Crippen LogP contribution in [0.2, 0.25) is 0 Å². The molecular formula is C15H18N2O4S. The molecule has 22 heavy (non-hydrogen) atoms. The number of hydrogen-bond acceptors (Lipinski definition) is 5. The van der Waals surface area contributed by atoms with E-state index in [4.69, 9.17) is 0 Å². The van der Waals surface area contributed by atoms with Gasteiger partial charge in [0.25, 0.3) is 0 Å². The Kier molecular flexibility index (Phi) is 5.21. The Hall–Kier alpha value is -2.28. The highest BCUT2D eigenvalue weighted by molar-refractivity contribution is 7.07. The molecule has 1 aromatic carbocycles. The number of aryl methyl sites for hydroxylation is 1. The van der Waals surface area contributed by atoms with E-state index in [-0.39, 0.29) is 28.7 Å². The van der Waals surface area contributed by atoms with Gasteiger partial charge >= 0.3 is 4.87 Å². The van der Waals surface area contributed by atoms with Crippen molar-refractivity contribution >= 4 is 17.2 Å². The van der Waals surface area contributed by atoms with Gasteiger partial charge in [0, 0.05) is 30.6 Å². The van der Waals surface area contributed by atoms with Crippen molar-refractivity contribution in [1.29, 1.82) is 0 Å². The molecule has 6 nitrogen and oxygen atoms in total. The van der Waals surface area contributed by atoms with Crippen LogP contribution in [0.25, 0.3) is 0 Å². The summed E-state index contributed by atoms with van der Waals surface area (Å²) in [5.41, 5.74) is 1.68. The second-order valence-electron chi connectivity index (χ2n) is 4.97. The number of aromatic nitrogens is 1. The van der Waals surface area contributed by atoms with Gasteiger partial charge in [-0.15, -0.1) is 0 Å². The number of amides is 1. The zero-order valence-electron chi connectivity index (χ0n) is 12.2. The molecule has 1 aromatic heterocycles. The Bertz CT molecular complexity index is 721. The molecule has 0 atom stereocenters. The molecule has 0 saturated carbocycles. The van der Waals surface area contributed by atoms with E-state index in [9.17, 15) is 19.8 Å². The topological polar surface area (TPSA) is 91.6 Å². The Morgan fingerprint density at radius 3 is 2.73 bits per heavy atom. The first kappa shape index (κ1) is 16.1. The average Bonchev–Trinajstić information content (AvgIpc) is 2.80. The molecule has 0 aliphatic rings. The van der Waals surface area contributed by atoms with Crippen molar-refractivity contribution in [2.45, 2.75) is 26.3 Å². The second-order valence-corrected chi connectivity index (χ2v) is 5.79. The Labute approximate surface area is 131 Å². The average molecular weight is 322 g/mol. The van der Waals surface area contributed by atoms with E-state index >= 15 is 0 Å². The molecule has 2 rings (SSSR count). The van der Waals surface area contributed by atoms with Gasteiger partial charge in [0.1, 0.15) is 0 Å². The van der Waals surface area contributed by atoms with Crippen LogP contribution in [0.5, 0.6) is 11.5 Å². The number of aromatic hydroxyl groups is 2. The van der Waals surface area contributed by atoms with Gasteiger partial charge in [-0.1, -0.05) is 17.4 Å². The van der Waals surface area contributed by atoms with Gasteiger partial charge < -0.3 is 20.1 Å². The Balaban J connectivity index is 1.76. The van der Waals surface area contributed by atoms with E-state index in [1.165, 1.54) is 12.1 Å². The number of thiazole rings is 1. The van der Waals surface area contributed by atoms with E-state index in [1.807, 2.05) is 6.92 Å². The first-order valence-corrected chi connectivity index (χ1v) is 7.78. The number of benzene rings is 1. The van der Waals surface area contributed by atoms with Crippen LogP contribution in [0.4, 0.5) is 0 Å². The fraction of sp³-hybridized carbons (Fsp3) is 0.333. The highest BCUT2D eigenvalue weighted by atomic mass is 32.1. The van der Waals surface area contributed by atoms with E-state index in [2.05, 4.69) is 5.32 Å². The standard InChI is InChI=1S/C15H18N2O4S/c1-10-9-22-15(21)17(10)7-5-14(20)16-6-4-11-2-3-12(18)13(19)8-11/h2-3,8-9,18-19H,4-7H2,1H3,(H,16,20). The monoisotopic (exact) mass is 322 g/mol. The van der Waals surface area contributed by atoms with Crippen molar-refractivity contribution in [3.8, 4) is 11.5 Å². The molecule has 0 unspecified atom stereocenters. The zero-order valence-corrected chi connectivity index (χ0v) is 13.0. The van der Waals surface area contributed by atoms with Gasteiger partial charge in [0.05, 0.1) is 0 Å². The predicted octanol–water partition coefficient (Wildman–Crippen LogP) is 1.38. The van der Waals surface area contributed by atoms with Crippen LogP contribution in [0.15, 0.2) is 28.4 Å². The summed E-state index contributed by atoms with van der Waals surface area (Å²) >= 11 is 1.13. The molecule has 1 heterocycles. The first-order valence-electron chi connectivity index (χ1n) is 6.90. The maximum absolute atomic E-state index is 11.8. The molecule has 0 radical (unpaired) electrons. The third kappa shape index (κ3) is 4.11. The number of carbonyl (C=O) groups is 1. The summed E-state index contributed by atoms with van der Waals surface area (Å²) in [5.74, 6) is -0.457. The van der Waals surface area contributed by atoms with Crippen molar-refractivity contribution in [2.75, 3.05) is 6.54 Å². The number of nitrogens with zero attached hydrogens (tertiary/aromatic N) is 1. The number of phenolic OH excluding ortho intramolecular Hbond substituents is 2. The smallest absolute Gasteiger partial charge is 0.307 e. The van der Waals surface area contributed by atoms with Crippen molar-refractivity contribution in [2.24, 2.45) is 0 Å². The molecule has 0 bridgehead atoms. The minimum Gasteiger partial charge on any atom is -0.504 e. The van der Waals surface area contributed by atoms with E-state index in [0.717, 1.165) is 22.6 Å². The number of nitrogens with one attached hydrogen (secondary N) is 1. The lowest BCUT2D eigenvalue weighted by Crippen LogP contribution is -2.28. The van der Waals surface area contributed by atoms with Crippen LogP contribution in [0, 0.1) is 6.92 Å². The van der Waals surface area contributed by atoms with Crippen molar-refractivity contribution in [3.05, 3.63) is 44.5 Å². The molecule has 0 saturated heterocycles. The third-order valence-corrected chi connectivity index (χ3v) is 4.20. The maximum Gasteiger partial charge on any atom is 0.307 e. The normalized spacial score (nSPS) is 10.6. The minimum absolute atomic E-state index is 0.0510.